The van der Waals surface area contributed by atoms with Gasteiger partial charge in [-0.25, -0.2) is 13.2 Å². The fourth-order valence-electron chi connectivity index (χ4n) is 2.41. The van der Waals surface area contributed by atoms with E-state index < -0.39 is 27.3 Å². The molecule has 1 fully saturated rings. The monoisotopic (exact) mass is 264 g/mol. The molecule has 0 aliphatic carbocycles. The molecule has 2 atom stereocenters. The van der Waals surface area contributed by atoms with Crippen molar-refractivity contribution in [3.8, 4) is 0 Å². The maximum atomic E-state index is 11.7. The van der Waals surface area contributed by atoms with Crippen molar-refractivity contribution in [2.75, 3.05) is 18.6 Å². The minimum Gasteiger partial charge on any atom is -0.467 e. The first-order valence-electron chi connectivity index (χ1n) is 5.75. The molecule has 0 saturated carbocycles. The van der Waals surface area contributed by atoms with Crippen molar-refractivity contribution in [3.63, 3.8) is 0 Å². The van der Waals surface area contributed by atoms with Crippen LogP contribution in [0.4, 0.5) is 0 Å². The van der Waals surface area contributed by atoms with E-state index in [-0.39, 0.29) is 17.4 Å². The smallest absolute Gasteiger partial charge is 0.338 e. The molecular weight excluding hydrogens is 244 g/mol. The van der Waals surface area contributed by atoms with Crippen molar-refractivity contribution >= 4 is 15.8 Å². The van der Waals surface area contributed by atoms with E-state index in [2.05, 4.69) is 4.74 Å². The van der Waals surface area contributed by atoms with E-state index in [9.17, 15) is 18.3 Å². The minimum absolute atomic E-state index is 0.138. The van der Waals surface area contributed by atoms with Gasteiger partial charge in [0.05, 0.1) is 18.6 Å². The van der Waals surface area contributed by atoms with Crippen LogP contribution in [0.5, 0.6) is 0 Å². The quantitative estimate of drug-likeness (QED) is 0.745. The summed E-state index contributed by atoms with van der Waals surface area (Å²) in [6.45, 7) is 3.39. The normalized spacial score (nSPS) is 27.5. The molecule has 1 rings (SSSR count). The lowest BCUT2D eigenvalue weighted by atomic mass is 9.77. The zero-order chi connectivity index (χ0) is 13.3. The number of carbonyl (C=O) groups is 1. The highest BCUT2D eigenvalue weighted by atomic mass is 32.2. The van der Waals surface area contributed by atoms with Gasteiger partial charge in [-0.05, 0) is 18.8 Å². The summed E-state index contributed by atoms with van der Waals surface area (Å²) in [6.07, 6.45) is 1.02. The Balaban J connectivity index is 3.03. The fraction of sp³-hybridized carbons (Fsp3) is 0.909. The number of sulfone groups is 1. The van der Waals surface area contributed by atoms with Crippen molar-refractivity contribution in [2.24, 2.45) is 11.8 Å². The third-order valence-electron chi connectivity index (χ3n) is 3.48. The van der Waals surface area contributed by atoms with Gasteiger partial charge < -0.3 is 9.84 Å². The van der Waals surface area contributed by atoms with E-state index >= 15 is 0 Å². The Kier molecular flexibility index (Phi) is 4.19. The van der Waals surface area contributed by atoms with Crippen molar-refractivity contribution in [1.29, 1.82) is 0 Å². The lowest BCUT2D eigenvalue weighted by Gasteiger charge is -2.38. The second kappa shape index (κ2) is 4.94. The molecule has 0 radical (unpaired) electrons. The molecule has 2 unspecified atom stereocenters. The summed E-state index contributed by atoms with van der Waals surface area (Å²) in [6, 6.07) is 0. The molecule has 6 heteroatoms. The number of carbonyl (C=O) groups excluding carboxylic acids is 1. The van der Waals surface area contributed by atoms with Gasteiger partial charge in [-0.3, -0.25) is 0 Å². The Morgan fingerprint density at radius 1 is 1.47 bits per heavy atom. The summed E-state index contributed by atoms with van der Waals surface area (Å²) in [5, 5.41) is 10.5. The molecule has 0 bridgehead atoms. The predicted molar refractivity (Wildman–Crippen MR) is 63.2 cm³/mol. The third kappa shape index (κ3) is 2.80. The van der Waals surface area contributed by atoms with Crippen LogP contribution in [0.2, 0.25) is 0 Å². The van der Waals surface area contributed by atoms with Gasteiger partial charge >= 0.3 is 5.97 Å². The van der Waals surface area contributed by atoms with Crippen LogP contribution in [-0.4, -0.2) is 43.7 Å². The molecule has 17 heavy (non-hydrogen) atoms. The Labute approximate surface area is 102 Å². The molecule has 1 heterocycles. The maximum absolute atomic E-state index is 11.7. The Bertz CT molecular complexity index is 387. The highest BCUT2D eigenvalue weighted by molar-refractivity contribution is 7.91. The highest BCUT2D eigenvalue weighted by Gasteiger charge is 2.50. The first-order valence-corrected chi connectivity index (χ1v) is 7.57. The fourth-order valence-corrected chi connectivity index (χ4v) is 4.21. The van der Waals surface area contributed by atoms with Gasteiger partial charge in [-0.2, -0.15) is 0 Å². The average molecular weight is 264 g/mol. The van der Waals surface area contributed by atoms with E-state index in [4.69, 9.17) is 0 Å². The number of hydrogen-bond donors (Lipinski definition) is 1. The summed E-state index contributed by atoms with van der Waals surface area (Å²) in [4.78, 5) is 11.7. The first-order chi connectivity index (χ1) is 7.74. The van der Waals surface area contributed by atoms with E-state index in [1.807, 2.05) is 0 Å². The van der Waals surface area contributed by atoms with Crippen LogP contribution in [0.1, 0.15) is 26.7 Å². The first kappa shape index (κ1) is 14.4. The molecule has 1 N–H and O–H groups in total. The Morgan fingerprint density at radius 3 is 2.47 bits per heavy atom. The predicted octanol–water partition coefficient (Wildman–Crippen LogP) is 0.371. The molecule has 1 aliphatic rings. The molecule has 100 valence electrons. The van der Waals surface area contributed by atoms with E-state index in [1.165, 1.54) is 7.11 Å². The SMILES string of the molecule is COC(=O)C(O)(C(C)C)C1CCCS(=O)(=O)C1. The summed E-state index contributed by atoms with van der Waals surface area (Å²) in [5.74, 6) is -1.70. The number of rotatable bonds is 3. The van der Waals surface area contributed by atoms with E-state index in [0.29, 0.717) is 12.8 Å². The molecule has 1 aliphatic heterocycles. The summed E-state index contributed by atoms with van der Waals surface area (Å²) in [5.41, 5.74) is -1.71. The Hall–Kier alpha value is -0.620. The van der Waals surface area contributed by atoms with Crippen LogP contribution in [0, 0.1) is 11.8 Å². The number of aliphatic hydroxyl groups is 1. The molecule has 0 aromatic carbocycles. The van der Waals surface area contributed by atoms with Crippen molar-refractivity contribution in [3.05, 3.63) is 0 Å². The van der Waals surface area contributed by atoms with Crippen LogP contribution >= 0.6 is 0 Å². The molecule has 0 spiro atoms. The summed E-state index contributed by atoms with van der Waals surface area (Å²) >= 11 is 0. The van der Waals surface area contributed by atoms with Gasteiger partial charge in [0.25, 0.3) is 0 Å². The van der Waals surface area contributed by atoms with Crippen molar-refractivity contribution in [2.45, 2.75) is 32.3 Å². The Morgan fingerprint density at radius 2 is 2.06 bits per heavy atom. The lowest BCUT2D eigenvalue weighted by molar-refractivity contribution is -0.175. The van der Waals surface area contributed by atoms with E-state index in [0.717, 1.165) is 0 Å². The van der Waals surface area contributed by atoms with Gasteiger partial charge in [0.2, 0.25) is 0 Å². The highest BCUT2D eigenvalue weighted by Crippen LogP contribution is 2.35. The minimum atomic E-state index is -3.16. The zero-order valence-corrected chi connectivity index (χ0v) is 11.3. The molecule has 1 saturated heterocycles. The zero-order valence-electron chi connectivity index (χ0n) is 10.5. The topological polar surface area (TPSA) is 80.7 Å². The molecular formula is C11H20O5S. The van der Waals surface area contributed by atoms with Crippen molar-refractivity contribution in [1.82, 2.24) is 0 Å². The number of esters is 1. The maximum Gasteiger partial charge on any atom is 0.338 e. The van der Waals surface area contributed by atoms with Crippen LogP contribution in [0.15, 0.2) is 0 Å². The number of hydrogen-bond acceptors (Lipinski definition) is 5. The number of methoxy groups -OCH3 is 1. The van der Waals surface area contributed by atoms with Gasteiger partial charge in [-0.1, -0.05) is 13.8 Å². The van der Waals surface area contributed by atoms with Gasteiger partial charge in [0.15, 0.2) is 15.4 Å². The van der Waals surface area contributed by atoms with Gasteiger partial charge in [0, 0.05) is 5.92 Å². The molecule has 5 nitrogen and oxygen atoms in total. The summed E-state index contributed by atoms with van der Waals surface area (Å²) in [7, 11) is -1.96. The standard InChI is InChI=1S/C11H20O5S/c1-8(2)11(13,10(12)16-3)9-5-4-6-17(14,15)7-9/h8-9,13H,4-7H2,1-3H3. The largest absolute Gasteiger partial charge is 0.467 e. The third-order valence-corrected chi connectivity index (χ3v) is 5.30. The van der Waals surface area contributed by atoms with Gasteiger partial charge in [-0.15, -0.1) is 0 Å². The van der Waals surface area contributed by atoms with Gasteiger partial charge in [0.1, 0.15) is 0 Å². The second-order valence-electron chi connectivity index (χ2n) is 4.93. The molecule has 0 aromatic rings. The average Bonchev–Trinajstić information content (AvgIpc) is 2.25. The molecule has 0 aromatic heterocycles. The van der Waals surface area contributed by atoms with Crippen molar-refractivity contribution < 1.29 is 23.1 Å². The molecule has 0 amide bonds. The lowest BCUT2D eigenvalue weighted by Crippen LogP contribution is -2.54. The van der Waals surface area contributed by atoms with Crippen LogP contribution in [0.25, 0.3) is 0 Å². The van der Waals surface area contributed by atoms with Crippen LogP contribution in [0.3, 0.4) is 0 Å². The number of ether oxygens (including phenoxy) is 1. The van der Waals surface area contributed by atoms with E-state index in [1.54, 1.807) is 13.8 Å². The van der Waals surface area contributed by atoms with Crippen LogP contribution < -0.4 is 0 Å². The summed E-state index contributed by atoms with van der Waals surface area (Å²) < 4.78 is 27.8. The van der Waals surface area contributed by atoms with Crippen LogP contribution in [-0.2, 0) is 19.4 Å². The second-order valence-corrected chi connectivity index (χ2v) is 7.15.